The molecule has 2 N–H and O–H groups in total. The summed E-state index contributed by atoms with van der Waals surface area (Å²) in [4.78, 5) is 31.0. The van der Waals surface area contributed by atoms with Crippen LogP contribution in [0.3, 0.4) is 0 Å². The second kappa shape index (κ2) is 8.14. The molecule has 1 aliphatic carbocycles. The number of hydrogen-bond acceptors (Lipinski definition) is 4. The number of carbonyl (C=O) groups is 2. The summed E-state index contributed by atoms with van der Waals surface area (Å²) in [5.41, 5.74) is 1.47. The third kappa shape index (κ3) is 3.94. The number of nitrogens with one attached hydrogen (secondary N) is 1. The van der Waals surface area contributed by atoms with Crippen LogP contribution in [0.5, 0.6) is 0 Å². The SMILES string of the molecule is O=C(N[C@H]1CC[C@H](C(=O)N2CCCC2)C[C@@H]1O)c1ccc(-n2ccnc2)cc1. The number of aliphatic hydroxyl groups is 1. The molecule has 0 radical (unpaired) electrons. The van der Waals surface area contributed by atoms with Gasteiger partial charge < -0.3 is 19.9 Å². The van der Waals surface area contributed by atoms with Gasteiger partial charge in [-0.05, 0) is 56.4 Å². The van der Waals surface area contributed by atoms with Gasteiger partial charge in [0.25, 0.3) is 5.91 Å². The molecule has 1 saturated carbocycles. The number of imidazole rings is 1. The molecule has 148 valence electrons. The molecule has 4 rings (SSSR count). The second-order valence-corrected chi connectivity index (χ2v) is 7.71. The zero-order valence-electron chi connectivity index (χ0n) is 15.8. The number of carbonyl (C=O) groups excluding carboxylic acids is 2. The number of hydrogen-bond donors (Lipinski definition) is 2. The van der Waals surface area contributed by atoms with Crippen molar-refractivity contribution in [2.24, 2.45) is 5.92 Å². The molecule has 0 unspecified atom stereocenters. The monoisotopic (exact) mass is 382 g/mol. The van der Waals surface area contributed by atoms with E-state index in [2.05, 4.69) is 10.3 Å². The van der Waals surface area contributed by atoms with Gasteiger partial charge in [-0.2, -0.15) is 0 Å². The minimum Gasteiger partial charge on any atom is -0.391 e. The maximum absolute atomic E-state index is 12.6. The average Bonchev–Trinajstić information content (AvgIpc) is 3.43. The van der Waals surface area contributed by atoms with E-state index in [1.165, 1.54) is 0 Å². The second-order valence-electron chi connectivity index (χ2n) is 7.71. The minimum absolute atomic E-state index is 0.129. The lowest BCUT2D eigenvalue weighted by molar-refractivity contribution is -0.137. The summed E-state index contributed by atoms with van der Waals surface area (Å²) in [6, 6.07) is 6.93. The molecule has 1 aromatic carbocycles. The van der Waals surface area contributed by atoms with E-state index in [-0.39, 0.29) is 23.8 Å². The quantitative estimate of drug-likeness (QED) is 0.843. The normalized spacial score (nSPS) is 24.9. The Morgan fingerprint density at radius 3 is 2.50 bits per heavy atom. The van der Waals surface area contributed by atoms with Gasteiger partial charge in [-0.15, -0.1) is 0 Å². The summed E-state index contributed by atoms with van der Waals surface area (Å²) in [5.74, 6) is -0.169. The summed E-state index contributed by atoms with van der Waals surface area (Å²) < 4.78 is 1.87. The van der Waals surface area contributed by atoms with Crippen LogP contribution in [0.2, 0.25) is 0 Å². The largest absolute Gasteiger partial charge is 0.391 e. The van der Waals surface area contributed by atoms with Crippen LogP contribution in [0.15, 0.2) is 43.0 Å². The van der Waals surface area contributed by atoms with Crippen LogP contribution in [-0.2, 0) is 4.79 Å². The number of aromatic nitrogens is 2. The van der Waals surface area contributed by atoms with E-state index in [4.69, 9.17) is 0 Å². The Kier molecular flexibility index (Phi) is 5.43. The van der Waals surface area contributed by atoms with E-state index in [9.17, 15) is 14.7 Å². The molecule has 7 heteroatoms. The van der Waals surface area contributed by atoms with Crippen LogP contribution in [0.25, 0.3) is 5.69 Å². The fourth-order valence-electron chi connectivity index (χ4n) is 4.18. The van der Waals surface area contributed by atoms with E-state index in [0.717, 1.165) is 31.6 Å². The van der Waals surface area contributed by atoms with Gasteiger partial charge in [-0.3, -0.25) is 9.59 Å². The summed E-state index contributed by atoms with van der Waals surface area (Å²) in [7, 11) is 0. The predicted molar refractivity (Wildman–Crippen MR) is 104 cm³/mol. The predicted octanol–water partition coefficient (Wildman–Crippen LogP) is 1.75. The van der Waals surface area contributed by atoms with Gasteiger partial charge in [0.1, 0.15) is 0 Å². The molecule has 0 bridgehead atoms. The zero-order valence-corrected chi connectivity index (χ0v) is 15.8. The van der Waals surface area contributed by atoms with Crippen LogP contribution in [0.4, 0.5) is 0 Å². The van der Waals surface area contributed by atoms with E-state index in [0.29, 0.717) is 24.8 Å². The summed E-state index contributed by atoms with van der Waals surface area (Å²) >= 11 is 0. The maximum atomic E-state index is 12.6. The van der Waals surface area contributed by atoms with Gasteiger partial charge in [-0.1, -0.05) is 0 Å². The molecule has 7 nitrogen and oxygen atoms in total. The Morgan fingerprint density at radius 2 is 1.86 bits per heavy atom. The van der Waals surface area contributed by atoms with Crippen LogP contribution in [0.1, 0.15) is 42.5 Å². The fraction of sp³-hybridized carbons (Fsp3) is 0.476. The topological polar surface area (TPSA) is 87.5 Å². The van der Waals surface area contributed by atoms with Crippen molar-refractivity contribution in [1.29, 1.82) is 0 Å². The highest BCUT2D eigenvalue weighted by Crippen LogP contribution is 2.28. The van der Waals surface area contributed by atoms with Crippen molar-refractivity contribution in [1.82, 2.24) is 19.8 Å². The Bertz CT molecular complexity index is 813. The first-order valence-corrected chi connectivity index (χ1v) is 9.98. The Morgan fingerprint density at radius 1 is 1.11 bits per heavy atom. The highest BCUT2D eigenvalue weighted by molar-refractivity contribution is 5.94. The Hall–Kier alpha value is -2.67. The molecule has 2 aromatic rings. The van der Waals surface area contributed by atoms with Crippen molar-refractivity contribution < 1.29 is 14.7 Å². The highest BCUT2D eigenvalue weighted by atomic mass is 16.3. The van der Waals surface area contributed by atoms with E-state index in [1.807, 2.05) is 27.8 Å². The summed E-state index contributed by atoms with van der Waals surface area (Å²) in [5, 5.41) is 13.4. The standard InChI is InChI=1S/C21H26N4O3/c26-19-13-16(21(28)24-10-1-2-11-24)5-8-18(19)23-20(27)15-3-6-17(7-4-15)25-12-9-22-14-25/h3-4,6-7,9,12,14,16,18-19,26H,1-2,5,8,10-11,13H2,(H,23,27)/t16-,18-,19-/m0/s1. The molecule has 1 aromatic heterocycles. The van der Waals surface area contributed by atoms with E-state index in [1.54, 1.807) is 24.7 Å². The van der Waals surface area contributed by atoms with Gasteiger partial charge in [0.2, 0.25) is 5.91 Å². The van der Waals surface area contributed by atoms with Crippen molar-refractivity contribution >= 4 is 11.8 Å². The number of rotatable bonds is 4. The molecule has 0 spiro atoms. The van der Waals surface area contributed by atoms with Gasteiger partial charge in [-0.25, -0.2) is 4.98 Å². The number of aliphatic hydroxyl groups excluding tert-OH is 1. The molecule has 2 heterocycles. The zero-order chi connectivity index (χ0) is 19.5. The average molecular weight is 382 g/mol. The smallest absolute Gasteiger partial charge is 0.251 e. The van der Waals surface area contributed by atoms with Gasteiger partial charge in [0, 0.05) is 42.7 Å². The van der Waals surface area contributed by atoms with Crippen molar-refractivity contribution in [2.75, 3.05) is 13.1 Å². The first-order chi connectivity index (χ1) is 13.6. The molecule has 1 aliphatic heterocycles. The number of nitrogens with zero attached hydrogens (tertiary/aromatic N) is 3. The van der Waals surface area contributed by atoms with Gasteiger partial charge in [0.05, 0.1) is 18.5 Å². The molecule has 28 heavy (non-hydrogen) atoms. The molecule has 2 fully saturated rings. The third-order valence-corrected chi connectivity index (χ3v) is 5.83. The minimum atomic E-state index is -0.695. The van der Waals surface area contributed by atoms with Crippen LogP contribution in [-0.4, -0.2) is 56.6 Å². The summed E-state index contributed by atoms with van der Waals surface area (Å²) in [6.45, 7) is 1.67. The first-order valence-electron chi connectivity index (χ1n) is 9.98. The lowest BCUT2D eigenvalue weighted by Gasteiger charge is -2.34. The van der Waals surface area contributed by atoms with Crippen molar-refractivity contribution in [2.45, 2.75) is 44.2 Å². The van der Waals surface area contributed by atoms with Crippen molar-refractivity contribution in [3.05, 3.63) is 48.5 Å². The third-order valence-electron chi connectivity index (χ3n) is 5.83. The van der Waals surface area contributed by atoms with Crippen LogP contribution >= 0.6 is 0 Å². The number of likely N-dealkylation sites (tertiary alicyclic amines) is 1. The molecule has 3 atom stereocenters. The molecule has 2 aliphatic rings. The Balaban J connectivity index is 1.33. The van der Waals surface area contributed by atoms with E-state index >= 15 is 0 Å². The first kappa shape index (κ1) is 18.7. The lowest BCUT2D eigenvalue weighted by Crippen LogP contribution is -2.49. The van der Waals surface area contributed by atoms with E-state index < -0.39 is 6.10 Å². The van der Waals surface area contributed by atoms with Crippen LogP contribution in [0, 0.1) is 5.92 Å². The lowest BCUT2D eigenvalue weighted by atomic mass is 9.83. The molecular weight excluding hydrogens is 356 g/mol. The number of amides is 2. The van der Waals surface area contributed by atoms with Crippen molar-refractivity contribution in [3.8, 4) is 5.69 Å². The summed E-state index contributed by atoms with van der Waals surface area (Å²) in [6.07, 6.45) is 8.42. The van der Waals surface area contributed by atoms with Gasteiger partial charge in [0.15, 0.2) is 0 Å². The maximum Gasteiger partial charge on any atom is 0.251 e. The Labute approximate surface area is 164 Å². The molecule has 1 saturated heterocycles. The molecule has 2 amide bonds. The molecular formula is C21H26N4O3. The van der Waals surface area contributed by atoms with Crippen LogP contribution < -0.4 is 5.32 Å². The number of benzene rings is 1. The highest BCUT2D eigenvalue weighted by Gasteiger charge is 2.36. The van der Waals surface area contributed by atoms with Crippen molar-refractivity contribution in [3.63, 3.8) is 0 Å². The fourth-order valence-corrected chi connectivity index (χ4v) is 4.18. The van der Waals surface area contributed by atoms with Gasteiger partial charge >= 0.3 is 0 Å².